The number of nitrogens with two attached hydrogens (primary N) is 2. The van der Waals surface area contributed by atoms with Crippen LogP contribution in [-0.4, -0.2) is 48.8 Å². The zero-order chi connectivity index (χ0) is 15.5. The molecule has 8 nitrogen and oxygen atoms in total. The molecule has 2 unspecified atom stereocenters. The van der Waals surface area contributed by atoms with Gasteiger partial charge in [-0.2, -0.15) is 11.8 Å². The van der Waals surface area contributed by atoms with Crippen LogP contribution in [0, 0.1) is 0 Å². The maximum Gasteiger partial charge on any atom is 0.339 e. The van der Waals surface area contributed by atoms with Crippen LogP contribution in [0.25, 0.3) is 0 Å². The van der Waals surface area contributed by atoms with Crippen molar-refractivity contribution < 1.29 is 23.4 Å². The molecule has 5 N–H and O–H groups in total. The Morgan fingerprint density at radius 3 is 2.55 bits per heavy atom. The SMILES string of the molecule is CSCC[C@H](N)C(=O)NCC(OP=O)C(=O)OC(C)N. The summed E-state index contributed by atoms with van der Waals surface area (Å²) in [7, 11) is -0.695. The molecule has 0 fully saturated rings. The first-order valence-corrected chi connectivity index (χ1v) is 8.01. The minimum atomic E-state index is -1.20. The van der Waals surface area contributed by atoms with Crippen LogP contribution in [0.5, 0.6) is 0 Å². The number of thioether (sulfide) groups is 1. The maximum atomic E-state index is 11.6. The van der Waals surface area contributed by atoms with Crippen molar-refractivity contribution >= 4 is 32.3 Å². The summed E-state index contributed by atoms with van der Waals surface area (Å²) < 4.78 is 19.8. The van der Waals surface area contributed by atoms with Crippen LogP contribution in [0.1, 0.15) is 13.3 Å². The van der Waals surface area contributed by atoms with E-state index in [9.17, 15) is 14.2 Å². The van der Waals surface area contributed by atoms with Gasteiger partial charge in [0, 0.05) is 0 Å². The number of esters is 1. The maximum absolute atomic E-state index is 11.6. The topological polar surface area (TPSA) is 134 Å². The number of carbonyl (C=O) groups is 2. The molecule has 0 spiro atoms. The summed E-state index contributed by atoms with van der Waals surface area (Å²) in [4.78, 5) is 23.2. The van der Waals surface area contributed by atoms with Gasteiger partial charge >= 0.3 is 14.7 Å². The summed E-state index contributed by atoms with van der Waals surface area (Å²) >= 11 is 1.58. The summed E-state index contributed by atoms with van der Waals surface area (Å²) in [5, 5.41) is 2.45. The number of nitrogens with one attached hydrogen (secondary N) is 1. The van der Waals surface area contributed by atoms with Crippen molar-refractivity contribution in [1.29, 1.82) is 0 Å². The number of hydrogen-bond donors (Lipinski definition) is 3. The highest BCUT2D eigenvalue weighted by Crippen LogP contribution is 2.06. The molecule has 116 valence electrons. The molecule has 0 aliphatic heterocycles. The van der Waals surface area contributed by atoms with Crippen LogP contribution in [0.2, 0.25) is 0 Å². The van der Waals surface area contributed by atoms with E-state index in [-0.39, 0.29) is 6.54 Å². The minimum absolute atomic E-state index is 0.188. The third-order valence-corrected chi connectivity index (χ3v) is 3.15. The van der Waals surface area contributed by atoms with Crippen LogP contribution in [-0.2, 0) is 23.4 Å². The van der Waals surface area contributed by atoms with E-state index in [1.165, 1.54) is 6.92 Å². The fourth-order valence-corrected chi connectivity index (χ4v) is 1.93. The van der Waals surface area contributed by atoms with Crippen molar-refractivity contribution in [2.45, 2.75) is 31.7 Å². The Kier molecular flexibility index (Phi) is 10.6. The van der Waals surface area contributed by atoms with Crippen molar-refractivity contribution in [2.24, 2.45) is 11.5 Å². The van der Waals surface area contributed by atoms with Gasteiger partial charge in [0.2, 0.25) is 5.91 Å². The van der Waals surface area contributed by atoms with Crippen LogP contribution in [0.4, 0.5) is 0 Å². The van der Waals surface area contributed by atoms with Crippen LogP contribution in [0.15, 0.2) is 0 Å². The first-order valence-electron chi connectivity index (χ1n) is 5.89. The van der Waals surface area contributed by atoms with Crippen molar-refractivity contribution in [3.05, 3.63) is 0 Å². The Labute approximate surface area is 123 Å². The highest BCUT2D eigenvalue weighted by atomic mass is 32.2. The first-order chi connectivity index (χ1) is 9.42. The van der Waals surface area contributed by atoms with Gasteiger partial charge in [-0.3, -0.25) is 15.1 Å². The Morgan fingerprint density at radius 1 is 1.40 bits per heavy atom. The molecule has 0 heterocycles. The number of amides is 1. The van der Waals surface area contributed by atoms with E-state index in [0.29, 0.717) is 6.42 Å². The molecule has 20 heavy (non-hydrogen) atoms. The Morgan fingerprint density at radius 2 is 2.05 bits per heavy atom. The number of hydrogen-bond acceptors (Lipinski definition) is 8. The Balaban J connectivity index is 4.28. The molecule has 0 saturated heterocycles. The highest BCUT2D eigenvalue weighted by Gasteiger charge is 2.24. The predicted molar refractivity (Wildman–Crippen MR) is 76.2 cm³/mol. The standard InChI is InChI=1S/C10H20N3O5PS/c1-6(11)17-10(15)8(18-19-16)5-13-9(14)7(12)3-4-20-2/h6-8H,3-5,11-12H2,1-2H3,(H,13,14)/t6?,7-,8?/m0/s1. The lowest BCUT2D eigenvalue weighted by molar-refractivity contribution is -0.155. The molecule has 0 aliphatic rings. The molecular formula is C10H20N3O5PS. The normalized spacial score (nSPS) is 15.4. The molecular weight excluding hydrogens is 305 g/mol. The van der Waals surface area contributed by atoms with E-state index >= 15 is 0 Å². The summed E-state index contributed by atoms with van der Waals surface area (Å²) in [6.45, 7) is 1.27. The second-order valence-corrected chi connectivity index (χ2v) is 5.29. The fraction of sp³-hybridized carbons (Fsp3) is 0.800. The molecule has 3 atom stereocenters. The summed E-state index contributed by atoms with van der Waals surface area (Å²) in [6.07, 6.45) is 0.405. The molecule has 0 bridgehead atoms. The van der Waals surface area contributed by atoms with E-state index in [0.717, 1.165) is 5.75 Å². The van der Waals surface area contributed by atoms with Gasteiger partial charge in [0.1, 0.15) is 6.23 Å². The monoisotopic (exact) mass is 325 g/mol. The molecule has 0 aromatic carbocycles. The average molecular weight is 325 g/mol. The number of ether oxygens (including phenoxy) is 1. The molecule has 0 saturated carbocycles. The lowest BCUT2D eigenvalue weighted by Gasteiger charge is -2.17. The second-order valence-electron chi connectivity index (χ2n) is 3.94. The Hall–Kier alpha value is -0.730. The lowest BCUT2D eigenvalue weighted by Crippen LogP contribution is -2.46. The van der Waals surface area contributed by atoms with E-state index in [1.54, 1.807) is 11.8 Å². The van der Waals surface area contributed by atoms with Gasteiger partial charge < -0.3 is 15.8 Å². The third kappa shape index (κ3) is 8.44. The smallest absolute Gasteiger partial charge is 0.339 e. The third-order valence-electron chi connectivity index (χ3n) is 2.17. The van der Waals surface area contributed by atoms with Gasteiger partial charge in [0.25, 0.3) is 0 Å². The van der Waals surface area contributed by atoms with Gasteiger partial charge in [-0.1, -0.05) is 0 Å². The van der Waals surface area contributed by atoms with Crippen molar-refractivity contribution in [2.75, 3.05) is 18.6 Å². The van der Waals surface area contributed by atoms with Crippen molar-refractivity contribution in [3.8, 4) is 0 Å². The predicted octanol–water partition coefficient (Wildman–Crippen LogP) is -0.377. The number of rotatable bonds is 10. The molecule has 0 rings (SSSR count). The van der Waals surface area contributed by atoms with E-state index < -0.39 is 38.9 Å². The molecule has 0 aromatic rings. The van der Waals surface area contributed by atoms with Crippen LogP contribution < -0.4 is 16.8 Å². The van der Waals surface area contributed by atoms with E-state index in [2.05, 4.69) is 9.84 Å². The molecule has 10 heteroatoms. The molecule has 0 aliphatic carbocycles. The van der Waals surface area contributed by atoms with Gasteiger partial charge in [-0.15, -0.1) is 0 Å². The zero-order valence-corrected chi connectivity index (χ0v) is 13.1. The zero-order valence-electron chi connectivity index (χ0n) is 11.4. The van der Waals surface area contributed by atoms with Gasteiger partial charge in [-0.25, -0.2) is 9.36 Å². The van der Waals surface area contributed by atoms with Crippen LogP contribution in [0.3, 0.4) is 0 Å². The Bertz CT molecular complexity index is 332. The van der Waals surface area contributed by atoms with E-state index in [1.807, 2.05) is 6.26 Å². The van der Waals surface area contributed by atoms with Crippen LogP contribution >= 0.6 is 20.4 Å². The van der Waals surface area contributed by atoms with E-state index in [4.69, 9.17) is 16.2 Å². The summed E-state index contributed by atoms with van der Waals surface area (Å²) in [6, 6.07) is -0.669. The largest absolute Gasteiger partial charge is 0.445 e. The minimum Gasteiger partial charge on any atom is -0.445 e. The molecule has 0 radical (unpaired) electrons. The van der Waals surface area contributed by atoms with Crippen molar-refractivity contribution in [1.82, 2.24) is 5.32 Å². The highest BCUT2D eigenvalue weighted by molar-refractivity contribution is 7.98. The number of carbonyl (C=O) groups excluding carboxylic acids is 2. The van der Waals surface area contributed by atoms with Gasteiger partial charge in [0.05, 0.1) is 12.6 Å². The average Bonchev–Trinajstić information content (AvgIpc) is 2.39. The second kappa shape index (κ2) is 11.0. The summed E-state index contributed by atoms with van der Waals surface area (Å²) in [5.74, 6) is -0.467. The van der Waals surface area contributed by atoms with Gasteiger partial charge in [-0.05, 0) is 25.4 Å². The first kappa shape index (κ1) is 19.3. The fourth-order valence-electron chi connectivity index (χ4n) is 1.17. The quantitative estimate of drug-likeness (QED) is 0.281. The van der Waals surface area contributed by atoms with Gasteiger partial charge in [0.15, 0.2) is 6.10 Å². The van der Waals surface area contributed by atoms with Crippen molar-refractivity contribution in [3.63, 3.8) is 0 Å². The lowest BCUT2D eigenvalue weighted by atomic mass is 10.2. The summed E-state index contributed by atoms with van der Waals surface area (Å²) in [5.41, 5.74) is 11.0. The molecule has 0 aromatic heterocycles. The molecule has 1 amide bonds.